The van der Waals surface area contributed by atoms with Gasteiger partial charge in [-0.2, -0.15) is 0 Å². The molecule has 0 aliphatic carbocycles. The van der Waals surface area contributed by atoms with Crippen LogP contribution in [0, 0.1) is 0 Å². The Morgan fingerprint density at radius 1 is 1.15 bits per heavy atom. The van der Waals surface area contributed by atoms with Crippen LogP contribution in [0.25, 0.3) is 0 Å². The molecule has 1 N–H and O–H groups in total. The van der Waals surface area contributed by atoms with Crippen LogP contribution in [0.2, 0.25) is 0 Å². The van der Waals surface area contributed by atoms with Gasteiger partial charge in [-0.3, -0.25) is 9.59 Å². The number of rotatable bonds is 7. The summed E-state index contributed by atoms with van der Waals surface area (Å²) in [6.45, 7) is 1.08. The topological polar surface area (TPSA) is 67.9 Å². The summed E-state index contributed by atoms with van der Waals surface area (Å²) in [6.07, 6.45) is 0.302. The highest BCUT2D eigenvalue weighted by Crippen LogP contribution is 2.30. The van der Waals surface area contributed by atoms with Gasteiger partial charge in [-0.05, 0) is 17.2 Å². The molecule has 0 unspecified atom stereocenters. The fourth-order valence-electron chi connectivity index (χ4n) is 3.39. The van der Waals surface area contributed by atoms with Crippen LogP contribution in [0.15, 0.2) is 48.5 Å². The maximum Gasteiger partial charge on any atom is 0.247 e. The molecule has 6 heteroatoms. The van der Waals surface area contributed by atoms with E-state index in [2.05, 4.69) is 5.32 Å². The molecule has 1 aliphatic heterocycles. The van der Waals surface area contributed by atoms with Crippen molar-refractivity contribution < 1.29 is 19.1 Å². The largest absolute Gasteiger partial charge is 0.496 e. The Morgan fingerprint density at radius 3 is 2.67 bits per heavy atom. The Labute approximate surface area is 159 Å². The molecule has 0 saturated heterocycles. The predicted molar refractivity (Wildman–Crippen MR) is 101 cm³/mol. The second kappa shape index (κ2) is 8.68. The lowest BCUT2D eigenvalue weighted by molar-refractivity contribution is -0.142. The second-order valence-corrected chi connectivity index (χ2v) is 6.39. The number of para-hydroxylation sites is 1. The van der Waals surface area contributed by atoms with Crippen LogP contribution in [0.3, 0.4) is 0 Å². The van der Waals surface area contributed by atoms with E-state index in [1.54, 1.807) is 19.1 Å². The van der Waals surface area contributed by atoms with Gasteiger partial charge in [0, 0.05) is 25.8 Å². The van der Waals surface area contributed by atoms with Crippen molar-refractivity contribution in [2.24, 2.45) is 0 Å². The van der Waals surface area contributed by atoms with Crippen molar-refractivity contribution in [3.8, 4) is 5.75 Å². The number of nitrogens with one attached hydrogen (secondary N) is 1. The highest BCUT2D eigenvalue weighted by molar-refractivity contribution is 5.92. The van der Waals surface area contributed by atoms with Crippen LogP contribution in [0.5, 0.6) is 5.75 Å². The maximum atomic E-state index is 13.1. The van der Waals surface area contributed by atoms with Crippen LogP contribution in [-0.2, 0) is 27.3 Å². The molecular weight excluding hydrogens is 344 g/mol. The molecule has 0 aromatic heterocycles. The van der Waals surface area contributed by atoms with Crippen LogP contribution in [-0.4, -0.2) is 44.1 Å². The quantitative estimate of drug-likeness (QED) is 0.813. The first-order valence-corrected chi connectivity index (χ1v) is 8.91. The molecule has 142 valence electrons. The summed E-state index contributed by atoms with van der Waals surface area (Å²) in [5, 5.41) is 2.96. The van der Waals surface area contributed by atoms with Gasteiger partial charge in [-0.15, -0.1) is 0 Å². The van der Waals surface area contributed by atoms with Crippen LogP contribution in [0.4, 0.5) is 0 Å². The zero-order valence-corrected chi connectivity index (χ0v) is 15.6. The van der Waals surface area contributed by atoms with Crippen molar-refractivity contribution in [2.75, 3.05) is 27.4 Å². The minimum atomic E-state index is -0.660. The zero-order valence-electron chi connectivity index (χ0n) is 15.6. The Hall–Kier alpha value is -2.86. The number of carbonyl (C=O) groups excluding carboxylic acids is 2. The van der Waals surface area contributed by atoms with E-state index in [4.69, 9.17) is 9.47 Å². The molecule has 2 aromatic rings. The molecule has 3 rings (SSSR count). The molecule has 2 amide bonds. The summed E-state index contributed by atoms with van der Waals surface area (Å²) in [5.74, 6) is 0.440. The minimum Gasteiger partial charge on any atom is -0.496 e. The van der Waals surface area contributed by atoms with E-state index < -0.39 is 6.04 Å². The van der Waals surface area contributed by atoms with Crippen molar-refractivity contribution in [3.63, 3.8) is 0 Å². The highest BCUT2D eigenvalue weighted by Gasteiger charge is 2.36. The fraction of sp³-hybridized carbons (Fsp3) is 0.333. The first-order chi connectivity index (χ1) is 13.2. The number of hydrogen-bond acceptors (Lipinski definition) is 4. The van der Waals surface area contributed by atoms with E-state index in [-0.39, 0.29) is 11.8 Å². The normalized spacial score (nSPS) is 16.0. The third-order valence-corrected chi connectivity index (χ3v) is 4.75. The molecule has 0 bridgehead atoms. The Morgan fingerprint density at radius 2 is 1.89 bits per heavy atom. The van der Waals surface area contributed by atoms with Gasteiger partial charge in [0.05, 0.1) is 20.1 Å². The lowest BCUT2D eigenvalue weighted by Gasteiger charge is -2.36. The number of nitrogens with zero attached hydrogens (tertiary/aromatic N) is 1. The highest BCUT2D eigenvalue weighted by atomic mass is 16.5. The Kier molecular flexibility index (Phi) is 6.08. The average Bonchev–Trinajstić information content (AvgIpc) is 2.70. The second-order valence-electron chi connectivity index (χ2n) is 6.39. The maximum absolute atomic E-state index is 13.1. The number of hydrogen-bond donors (Lipinski definition) is 1. The van der Waals surface area contributed by atoms with Crippen molar-refractivity contribution in [2.45, 2.75) is 19.0 Å². The fourth-order valence-corrected chi connectivity index (χ4v) is 3.39. The van der Waals surface area contributed by atoms with Crippen LogP contribution < -0.4 is 10.1 Å². The van der Waals surface area contributed by atoms with Gasteiger partial charge >= 0.3 is 0 Å². The van der Waals surface area contributed by atoms with Crippen LogP contribution in [0.1, 0.15) is 22.7 Å². The van der Waals surface area contributed by atoms with Crippen LogP contribution >= 0.6 is 0 Å². The Balaban J connectivity index is 1.83. The van der Waals surface area contributed by atoms with E-state index in [1.165, 1.54) is 0 Å². The lowest BCUT2D eigenvalue weighted by atomic mass is 9.91. The standard InChI is InChI=1S/C21H24N2O4/c1-26-12-11-23-19(24)13-15-7-3-5-9-17(15)20(23)21(25)22-14-16-8-4-6-10-18(16)27-2/h3-10,20H,11-14H2,1-2H3,(H,22,25)/t20-/m0/s1. The molecule has 6 nitrogen and oxygen atoms in total. The molecular formula is C21H24N2O4. The smallest absolute Gasteiger partial charge is 0.247 e. The molecule has 1 atom stereocenters. The number of fused-ring (bicyclic) bond motifs is 1. The van der Waals surface area contributed by atoms with E-state index >= 15 is 0 Å². The molecule has 0 fully saturated rings. The number of benzene rings is 2. The third kappa shape index (κ3) is 4.11. The number of ether oxygens (including phenoxy) is 2. The zero-order chi connectivity index (χ0) is 19.2. The minimum absolute atomic E-state index is 0.0665. The van der Waals surface area contributed by atoms with Crippen molar-refractivity contribution in [3.05, 3.63) is 65.2 Å². The molecule has 1 aliphatic rings. The van der Waals surface area contributed by atoms with Gasteiger partial charge in [-0.25, -0.2) is 0 Å². The van der Waals surface area contributed by atoms with Gasteiger partial charge in [0.1, 0.15) is 11.8 Å². The van der Waals surface area contributed by atoms with Gasteiger partial charge in [0.2, 0.25) is 11.8 Å². The van der Waals surface area contributed by atoms with Gasteiger partial charge in [-0.1, -0.05) is 42.5 Å². The first-order valence-electron chi connectivity index (χ1n) is 8.91. The van der Waals surface area contributed by atoms with E-state index in [1.807, 2.05) is 48.5 Å². The molecule has 0 saturated carbocycles. The summed E-state index contributed by atoms with van der Waals surface area (Å²) in [6, 6.07) is 14.5. The third-order valence-electron chi connectivity index (χ3n) is 4.75. The van der Waals surface area contributed by atoms with E-state index in [0.717, 1.165) is 16.7 Å². The summed E-state index contributed by atoms with van der Waals surface area (Å²) < 4.78 is 10.5. The van der Waals surface area contributed by atoms with Gasteiger partial charge in [0.25, 0.3) is 0 Å². The number of amides is 2. The van der Waals surface area contributed by atoms with Gasteiger partial charge in [0.15, 0.2) is 0 Å². The number of methoxy groups -OCH3 is 2. The molecule has 27 heavy (non-hydrogen) atoms. The van der Waals surface area contributed by atoms with Gasteiger partial charge < -0.3 is 19.7 Å². The summed E-state index contributed by atoms with van der Waals surface area (Å²) in [4.78, 5) is 27.3. The summed E-state index contributed by atoms with van der Waals surface area (Å²) >= 11 is 0. The molecule has 1 heterocycles. The van der Waals surface area contributed by atoms with Crippen molar-refractivity contribution in [1.82, 2.24) is 10.2 Å². The van der Waals surface area contributed by atoms with E-state index in [0.29, 0.717) is 31.9 Å². The monoisotopic (exact) mass is 368 g/mol. The Bertz CT molecular complexity index is 821. The predicted octanol–water partition coefficient (Wildman–Crippen LogP) is 2.08. The summed E-state index contributed by atoms with van der Waals surface area (Å²) in [5.41, 5.74) is 2.64. The van der Waals surface area contributed by atoms with Crippen molar-refractivity contribution in [1.29, 1.82) is 0 Å². The SMILES string of the molecule is COCCN1C(=O)Cc2ccccc2[C@H]1C(=O)NCc1ccccc1OC. The average molecular weight is 368 g/mol. The summed E-state index contributed by atoms with van der Waals surface area (Å²) in [7, 11) is 3.18. The van der Waals surface area contributed by atoms with Crippen molar-refractivity contribution >= 4 is 11.8 Å². The number of carbonyl (C=O) groups is 2. The molecule has 0 radical (unpaired) electrons. The first kappa shape index (κ1) is 18.9. The lowest BCUT2D eigenvalue weighted by Crippen LogP contribution is -2.48. The van der Waals surface area contributed by atoms with E-state index in [9.17, 15) is 9.59 Å². The molecule has 2 aromatic carbocycles. The molecule has 0 spiro atoms.